The molecule has 1 aliphatic rings. The van der Waals surface area contributed by atoms with E-state index in [0.29, 0.717) is 18.0 Å². The monoisotopic (exact) mass is 333 g/mol. The van der Waals surface area contributed by atoms with Crippen molar-refractivity contribution in [2.45, 2.75) is 24.7 Å². The van der Waals surface area contributed by atoms with Crippen LogP contribution in [0.1, 0.15) is 19.8 Å². The number of hydrogen-bond acceptors (Lipinski definition) is 4. The van der Waals surface area contributed by atoms with E-state index in [9.17, 15) is 8.42 Å². The van der Waals surface area contributed by atoms with Gasteiger partial charge in [0.1, 0.15) is 0 Å². The molecule has 0 spiro atoms. The fourth-order valence-corrected chi connectivity index (χ4v) is 4.87. The summed E-state index contributed by atoms with van der Waals surface area (Å²) in [5, 5.41) is 1.60. The van der Waals surface area contributed by atoms with E-state index in [1.165, 1.54) is 0 Å². The highest BCUT2D eigenvalue weighted by molar-refractivity contribution is 7.89. The van der Waals surface area contributed by atoms with Crippen molar-refractivity contribution in [3.05, 3.63) is 36.7 Å². The van der Waals surface area contributed by atoms with Gasteiger partial charge in [-0.1, -0.05) is 19.1 Å². The Kier molecular flexibility index (Phi) is 4.94. The Morgan fingerprint density at radius 1 is 1.13 bits per heavy atom. The van der Waals surface area contributed by atoms with E-state index in [2.05, 4.69) is 16.8 Å². The van der Waals surface area contributed by atoms with Crippen LogP contribution in [0, 0.1) is 0 Å². The molecule has 0 unspecified atom stereocenters. The predicted octanol–water partition coefficient (Wildman–Crippen LogP) is 2.34. The smallest absolute Gasteiger partial charge is 0.243 e. The molecular formula is C17H23N3O2S. The molecule has 0 atom stereocenters. The fourth-order valence-electron chi connectivity index (χ4n) is 3.18. The molecule has 0 amide bonds. The van der Waals surface area contributed by atoms with Gasteiger partial charge >= 0.3 is 0 Å². The van der Waals surface area contributed by atoms with Crippen LogP contribution in [0.25, 0.3) is 10.8 Å². The summed E-state index contributed by atoms with van der Waals surface area (Å²) in [7, 11) is -3.47. The Bertz CT molecular complexity index is 771. The molecule has 2 aromatic rings. The number of pyridine rings is 1. The van der Waals surface area contributed by atoms with Gasteiger partial charge in [0.25, 0.3) is 0 Å². The van der Waals surface area contributed by atoms with Crippen LogP contribution >= 0.6 is 0 Å². The first-order valence-electron chi connectivity index (χ1n) is 8.18. The molecule has 124 valence electrons. The number of rotatable bonds is 4. The minimum absolute atomic E-state index is 0.390. The molecule has 2 heterocycles. The fraction of sp³-hybridized carbons (Fsp3) is 0.471. The van der Waals surface area contributed by atoms with Crippen molar-refractivity contribution in [2.24, 2.45) is 0 Å². The summed E-state index contributed by atoms with van der Waals surface area (Å²) >= 11 is 0. The average molecular weight is 333 g/mol. The van der Waals surface area contributed by atoms with Gasteiger partial charge in [-0.3, -0.25) is 4.98 Å². The number of fused-ring (bicyclic) bond motifs is 1. The second-order valence-electron chi connectivity index (χ2n) is 5.95. The van der Waals surface area contributed by atoms with Crippen molar-refractivity contribution in [3.63, 3.8) is 0 Å². The van der Waals surface area contributed by atoms with Gasteiger partial charge < -0.3 is 4.90 Å². The Morgan fingerprint density at radius 3 is 2.83 bits per heavy atom. The highest BCUT2D eigenvalue weighted by atomic mass is 32.2. The zero-order valence-electron chi connectivity index (χ0n) is 13.5. The van der Waals surface area contributed by atoms with Crippen molar-refractivity contribution in [2.75, 3.05) is 32.7 Å². The van der Waals surface area contributed by atoms with Crippen LogP contribution in [0.2, 0.25) is 0 Å². The Hall–Kier alpha value is -1.50. The first-order valence-corrected chi connectivity index (χ1v) is 9.62. The van der Waals surface area contributed by atoms with Gasteiger partial charge in [-0.05, 0) is 38.1 Å². The first-order chi connectivity index (χ1) is 11.1. The summed E-state index contributed by atoms with van der Waals surface area (Å²) in [5.41, 5.74) is 0. The molecular weight excluding hydrogens is 310 g/mol. The topological polar surface area (TPSA) is 53.5 Å². The van der Waals surface area contributed by atoms with Gasteiger partial charge in [0.15, 0.2) is 0 Å². The second kappa shape index (κ2) is 6.95. The highest BCUT2D eigenvalue weighted by Crippen LogP contribution is 2.25. The largest absolute Gasteiger partial charge is 0.302 e. The number of sulfonamides is 1. The standard InChI is InChI=1S/C17H23N3O2S/c1-2-9-19-10-4-11-20(13-12-19)23(21,22)17-6-3-5-15-14-18-8-7-16(15)17/h3,5-8,14H,2,4,9-13H2,1H3. The number of aromatic nitrogens is 1. The average Bonchev–Trinajstić information content (AvgIpc) is 2.81. The highest BCUT2D eigenvalue weighted by Gasteiger charge is 2.28. The summed E-state index contributed by atoms with van der Waals surface area (Å²) in [5.74, 6) is 0. The van der Waals surface area contributed by atoms with Crippen LogP contribution in [-0.4, -0.2) is 55.3 Å². The number of benzene rings is 1. The molecule has 1 fully saturated rings. The molecule has 23 heavy (non-hydrogen) atoms. The van der Waals surface area contributed by atoms with Gasteiger partial charge in [0.2, 0.25) is 10.0 Å². The molecule has 1 saturated heterocycles. The second-order valence-corrected chi connectivity index (χ2v) is 7.86. The molecule has 0 radical (unpaired) electrons. The molecule has 0 aliphatic carbocycles. The summed E-state index contributed by atoms with van der Waals surface area (Å²) in [6.45, 7) is 6.11. The van der Waals surface area contributed by atoms with Crippen molar-refractivity contribution < 1.29 is 8.42 Å². The van der Waals surface area contributed by atoms with Crippen LogP contribution in [-0.2, 0) is 10.0 Å². The molecule has 0 saturated carbocycles. The van der Waals surface area contributed by atoms with E-state index in [-0.39, 0.29) is 0 Å². The third kappa shape index (κ3) is 3.39. The van der Waals surface area contributed by atoms with E-state index in [0.717, 1.165) is 43.2 Å². The van der Waals surface area contributed by atoms with Gasteiger partial charge in [0.05, 0.1) is 4.90 Å². The Labute approximate surface area is 138 Å². The van der Waals surface area contributed by atoms with Crippen molar-refractivity contribution in [1.29, 1.82) is 0 Å². The maximum Gasteiger partial charge on any atom is 0.243 e. The third-order valence-electron chi connectivity index (χ3n) is 4.35. The van der Waals surface area contributed by atoms with E-state index in [4.69, 9.17) is 0 Å². The minimum atomic E-state index is -3.47. The molecule has 1 aromatic heterocycles. The van der Waals surface area contributed by atoms with E-state index < -0.39 is 10.0 Å². The molecule has 6 heteroatoms. The maximum atomic E-state index is 13.1. The van der Waals surface area contributed by atoms with Crippen LogP contribution in [0.5, 0.6) is 0 Å². The Balaban J connectivity index is 1.91. The lowest BCUT2D eigenvalue weighted by molar-refractivity contribution is 0.287. The zero-order valence-corrected chi connectivity index (χ0v) is 14.3. The molecule has 1 aliphatic heterocycles. The van der Waals surface area contributed by atoms with Crippen LogP contribution in [0.4, 0.5) is 0 Å². The maximum absolute atomic E-state index is 13.1. The summed E-state index contributed by atoms with van der Waals surface area (Å²) < 4.78 is 27.8. The summed E-state index contributed by atoms with van der Waals surface area (Å²) in [6.07, 6.45) is 5.33. The SMILES string of the molecule is CCCN1CCCN(S(=O)(=O)c2cccc3cnccc23)CC1. The minimum Gasteiger partial charge on any atom is -0.302 e. The van der Waals surface area contributed by atoms with Crippen molar-refractivity contribution in [1.82, 2.24) is 14.2 Å². The van der Waals surface area contributed by atoms with Crippen molar-refractivity contribution >= 4 is 20.8 Å². The Morgan fingerprint density at radius 2 is 2.00 bits per heavy atom. The lowest BCUT2D eigenvalue weighted by Gasteiger charge is -2.22. The van der Waals surface area contributed by atoms with E-state index >= 15 is 0 Å². The lowest BCUT2D eigenvalue weighted by Crippen LogP contribution is -2.35. The summed E-state index contributed by atoms with van der Waals surface area (Å²) in [4.78, 5) is 6.82. The van der Waals surface area contributed by atoms with Gasteiger partial charge in [-0.15, -0.1) is 0 Å². The number of nitrogens with zero attached hydrogens (tertiary/aromatic N) is 3. The number of hydrogen-bond donors (Lipinski definition) is 0. The zero-order chi connectivity index (χ0) is 16.3. The van der Waals surface area contributed by atoms with E-state index in [1.54, 1.807) is 34.9 Å². The molecule has 0 N–H and O–H groups in total. The molecule has 0 bridgehead atoms. The van der Waals surface area contributed by atoms with Crippen LogP contribution in [0.15, 0.2) is 41.6 Å². The predicted molar refractivity (Wildman–Crippen MR) is 91.8 cm³/mol. The lowest BCUT2D eigenvalue weighted by atomic mass is 10.2. The van der Waals surface area contributed by atoms with Crippen molar-refractivity contribution in [3.8, 4) is 0 Å². The molecule has 5 nitrogen and oxygen atoms in total. The normalized spacial score (nSPS) is 18.1. The van der Waals surface area contributed by atoms with Crippen LogP contribution in [0.3, 0.4) is 0 Å². The quantitative estimate of drug-likeness (QED) is 0.862. The third-order valence-corrected chi connectivity index (χ3v) is 6.30. The van der Waals surface area contributed by atoms with Crippen LogP contribution < -0.4 is 0 Å². The molecule has 3 rings (SSSR count). The summed E-state index contributed by atoms with van der Waals surface area (Å²) in [6, 6.07) is 7.17. The van der Waals surface area contributed by atoms with Gasteiger partial charge in [0, 0.05) is 42.8 Å². The van der Waals surface area contributed by atoms with Gasteiger partial charge in [-0.2, -0.15) is 4.31 Å². The van der Waals surface area contributed by atoms with Gasteiger partial charge in [-0.25, -0.2) is 8.42 Å². The molecule has 1 aromatic carbocycles. The van der Waals surface area contributed by atoms with E-state index in [1.807, 2.05) is 6.07 Å². The first kappa shape index (κ1) is 16.4.